The van der Waals surface area contributed by atoms with Crippen LogP contribution in [-0.4, -0.2) is 34.6 Å². The summed E-state index contributed by atoms with van der Waals surface area (Å²) in [5.41, 5.74) is 1.59. The van der Waals surface area contributed by atoms with Crippen LogP contribution < -0.4 is 0 Å². The van der Waals surface area contributed by atoms with Gasteiger partial charge in [-0.3, -0.25) is 4.90 Å². The standard InChI is InChI=1S/C16H17ClN4O/c1-22-14-7-15(16-19-4-5-20-16)21(10-14)9-11-2-3-13(17)6-12(11)8-18/h2-6,14-15H,7,9-10H2,1H3,(H,19,20)/t14-,15?/m1/s1. The third kappa shape index (κ3) is 3.00. The highest BCUT2D eigenvalue weighted by Gasteiger charge is 2.34. The number of methoxy groups -OCH3 is 1. The van der Waals surface area contributed by atoms with Crippen molar-refractivity contribution in [3.8, 4) is 6.07 Å². The number of nitrogens with one attached hydrogen (secondary N) is 1. The fourth-order valence-corrected chi connectivity index (χ4v) is 3.13. The van der Waals surface area contributed by atoms with E-state index in [1.165, 1.54) is 0 Å². The van der Waals surface area contributed by atoms with Crippen molar-refractivity contribution in [2.75, 3.05) is 13.7 Å². The van der Waals surface area contributed by atoms with Crippen molar-refractivity contribution >= 4 is 11.6 Å². The average Bonchev–Trinajstić information content (AvgIpc) is 3.17. The van der Waals surface area contributed by atoms with E-state index in [9.17, 15) is 5.26 Å². The second-order valence-electron chi connectivity index (χ2n) is 5.43. The van der Waals surface area contributed by atoms with E-state index < -0.39 is 0 Å². The number of rotatable bonds is 4. The van der Waals surface area contributed by atoms with Crippen LogP contribution in [0, 0.1) is 11.3 Å². The highest BCUT2D eigenvalue weighted by atomic mass is 35.5. The van der Waals surface area contributed by atoms with Crippen LogP contribution in [0.15, 0.2) is 30.6 Å². The number of hydrogen-bond donors (Lipinski definition) is 1. The van der Waals surface area contributed by atoms with E-state index in [0.29, 0.717) is 17.1 Å². The lowest BCUT2D eigenvalue weighted by Crippen LogP contribution is -2.25. The summed E-state index contributed by atoms with van der Waals surface area (Å²) < 4.78 is 5.51. The number of aromatic nitrogens is 2. The summed E-state index contributed by atoms with van der Waals surface area (Å²) >= 11 is 5.97. The Balaban J connectivity index is 1.85. The molecule has 0 saturated carbocycles. The normalized spacial score (nSPS) is 21.9. The number of benzene rings is 1. The number of nitrogens with zero attached hydrogens (tertiary/aromatic N) is 3. The van der Waals surface area contributed by atoms with Crippen LogP contribution in [-0.2, 0) is 11.3 Å². The van der Waals surface area contributed by atoms with Crippen molar-refractivity contribution in [3.63, 3.8) is 0 Å². The molecule has 5 nitrogen and oxygen atoms in total. The zero-order chi connectivity index (χ0) is 15.5. The first-order valence-corrected chi connectivity index (χ1v) is 7.53. The number of H-pyrrole nitrogens is 1. The minimum absolute atomic E-state index is 0.169. The van der Waals surface area contributed by atoms with Gasteiger partial charge in [0.1, 0.15) is 5.82 Å². The largest absolute Gasteiger partial charge is 0.380 e. The minimum Gasteiger partial charge on any atom is -0.380 e. The predicted molar refractivity (Wildman–Crippen MR) is 83.3 cm³/mol. The van der Waals surface area contributed by atoms with Gasteiger partial charge in [-0.2, -0.15) is 5.26 Å². The van der Waals surface area contributed by atoms with Crippen LogP contribution in [0.1, 0.15) is 29.4 Å². The molecule has 6 heteroatoms. The van der Waals surface area contributed by atoms with Gasteiger partial charge in [0, 0.05) is 37.6 Å². The fraction of sp³-hybridized carbons (Fsp3) is 0.375. The Kier molecular flexibility index (Phi) is 4.44. The Morgan fingerprint density at radius 2 is 2.41 bits per heavy atom. The summed E-state index contributed by atoms with van der Waals surface area (Å²) in [7, 11) is 1.73. The molecule has 2 aromatic rings. The molecule has 1 N–H and O–H groups in total. The third-order valence-electron chi connectivity index (χ3n) is 4.10. The number of halogens is 1. The van der Waals surface area contributed by atoms with E-state index in [2.05, 4.69) is 20.9 Å². The van der Waals surface area contributed by atoms with Crippen LogP contribution >= 0.6 is 11.6 Å². The maximum absolute atomic E-state index is 9.29. The zero-order valence-corrected chi connectivity index (χ0v) is 13.0. The van der Waals surface area contributed by atoms with E-state index in [-0.39, 0.29) is 12.1 Å². The number of imidazole rings is 1. The number of ether oxygens (including phenoxy) is 1. The van der Waals surface area contributed by atoms with Crippen molar-refractivity contribution in [1.29, 1.82) is 5.26 Å². The Labute approximate surface area is 134 Å². The van der Waals surface area contributed by atoms with Crippen LogP contribution in [0.5, 0.6) is 0 Å². The minimum atomic E-state index is 0.169. The molecule has 2 atom stereocenters. The second-order valence-corrected chi connectivity index (χ2v) is 5.86. The highest BCUT2D eigenvalue weighted by Crippen LogP contribution is 2.33. The Hall–Kier alpha value is -1.87. The first-order chi connectivity index (χ1) is 10.7. The maximum Gasteiger partial charge on any atom is 0.123 e. The summed E-state index contributed by atoms with van der Waals surface area (Å²) in [4.78, 5) is 9.85. The summed E-state index contributed by atoms with van der Waals surface area (Å²) in [6.07, 6.45) is 4.65. The summed E-state index contributed by atoms with van der Waals surface area (Å²) in [6, 6.07) is 7.84. The zero-order valence-electron chi connectivity index (χ0n) is 12.3. The summed E-state index contributed by atoms with van der Waals surface area (Å²) in [6.45, 7) is 1.49. The molecule has 1 unspecified atom stereocenters. The molecule has 22 heavy (non-hydrogen) atoms. The molecule has 0 radical (unpaired) electrons. The number of hydrogen-bond acceptors (Lipinski definition) is 4. The van der Waals surface area contributed by atoms with E-state index in [4.69, 9.17) is 16.3 Å². The molecule has 1 aromatic heterocycles. The molecule has 114 valence electrons. The molecule has 0 bridgehead atoms. The molecule has 0 amide bonds. The van der Waals surface area contributed by atoms with Crippen LogP contribution in [0.2, 0.25) is 5.02 Å². The predicted octanol–water partition coefficient (Wildman–Crippen LogP) is 2.90. The monoisotopic (exact) mass is 316 g/mol. The molecule has 0 spiro atoms. The van der Waals surface area contributed by atoms with Crippen molar-refractivity contribution < 1.29 is 4.74 Å². The summed E-state index contributed by atoms with van der Waals surface area (Å²) in [5.74, 6) is 0.937. The fourth-order valence-electron chi connectivity index (χ4n) is 2.96. The maximum atomic E-state index is 9.29. The van der Waals surface area contributed by atoms with Gasteiger partial charge >= 0.3 is 0 Å². The number of aromatic amines is 1. The first-order valence-electron chi connectivity index (χ1n) is 7.16. The van der Waals surface area contributed by atoms with E-state index in [0.717, 1.165) is 24.4 Å². The number of nitriles is 1. The summed E-state index contributed by atoms with van der Waals surface area (Å²) in [5, 5.41) is 9.88. The van der Waals surface area contributed by atoms with Gasteiger partial charge in [-0.05, 0) is 24.1 Å². The highest BCUT2D eigenvalue weighted by molar-refractivity contribution is 6.30. The van der Waals surface area contributed by atoms with Gasteiger partial charge in [-0.15, -0.1) is 0 Å². The molecule has 1 fully saturated rings. The molecule has 1 saturated heterocycles. The topological polar surface area (TPSA) is 64.9 Å². The van der Waals surface area contributed by atoms with Crippen molar-refractivity contribution in [1.82, 2.24) is 14.9 Å². The molecule has 2 heterocycles. The second kappa shape index (κ2) is 6.49. The van der Waals surface area contributed by atoms with Crippen LogP contribution in [0.4, 0.5) is 0 Å². The van der Waals surface area contributed by atoms with Crippen molar-refractivity contribution in [2.45, 2.75) is 25.1 Å². The molecule has 1 aliphatic rings. The smallest absolute Gasteiger partial charge is 0.123 e. The lowest BCUT2D eigenvalue weighted by Gasteiger charge is -2.23. The molecular weight excluding hydrogens is 300 g/mol. The quantitative estimate of drug-likeness (QED) is 0.942. The molecule has 3 rings (SSSR count). The van der Waals surface area contributed by atoms with Gasteiger partial charge in [0.2, 0.25) is 0 Å². The first kappa shape index (κ1) is 15.0. The van der Waals surface area contributed by atoms with E-state index in [1.807, 2.05) is 18.3 Å². The lowest BCUT2D eigenvalue weighted by atomic mass is 10.1. The molecule has 1 aliphatic heterocycles. The lowest BCUT2D eigenvalue weighted by molar-refractivity contribution is 0.107. The van der Waals surface area contributed by atoms with Gasteiger partial charge in [-0.1, -0.05) is 17.7 Å². The van der Waals surface area contributed by atoms with Crippen LogP contribution in [0.25, 0.3) is 0 Å². The Morgan fingerprint density at radius 1 is 1.55 bits per heavy atom. The SMILES string of the molecule is CO[C@@H]1CC(c2ncc[nH]2)N(Cc2ccc(Cl)cc2C#N)C1. The van der Waals surface area contributed by atoms with E-state index >= 15 is 0 Å². The van der Waals surface area contributed by atoms with Gasteiger partial charge < -0.3 is 9.72 Å². The van der Waals surface area contributed by atoms with Gasteiger partial charge in [0.25, 0.3) is 0 Å². The van der Waals surface area contributed by atoms with Crippen LogP contribution in [0.3, 0.4) is 0 Å². The van der Waals surface area contributed by atoms with Crippen molar-refractivity contribution in [3.05, 3.63) is 52.6 Å². The van der Waals surface area contributed by atoms with Gasteiger partial charge in [-0.25, -0.2) is 4.98 Å². The molecular formula is C16H17ClN4O. The average molecular weight is 317 g/mol. The Morgan fingerprint density at radius 3 is 3.09 bits per heavy atom. The third-order valence-corrected chi connectivity index (χ3v) is 4.33. The Bertz CT molecular complexity index is 680. The number of likely N-dealkylation sites (tertiary alicyclic amines) is 1. The van der Waals surface area contributed by atoms with Gasteiger partial charge in [0.05, 0.1) is 23.8 Å². The van der Waals surface area contributed by atoms with Gasteiger partial charge in [0.15, 0.2) is 0 Å². The van der Waals surface area contributed by atoms with Crippen molar-refractivity contribution in [2.24, 2.45) is 0 Å². The molecule has 1 aromatic carbocycles. The van der Waals surface area contributed by atoms with E-state index in [1.54, 1.807) is 19.4 Å². The molecule has 0 aliphatic carbocycles.